The van der Waals surface area contributed by atoms with Gasteiger partial charge in [0, 0.05) is 43.2 Å². The van der Waals surface area contributed by atoms with Gasteiger partial charge in [0.15, 0.2) is 11.5 Å². The van der Waals surface area contributed by atoms with Crippen LogP contribution in [-0.2, 0) is 7.05 Å². The fourth-order valence-electron chi connectivity index (χ4n) is 3.52. The first-order valence-electron chi connectivity index (χ1n) is 9.34. The second-order valence-corrected chi connectivity index (χ2v) is 7.61. The summed E-state index contributed by atoms with van der Waals surface area (Å²) >= 11 is 5.41. The number of rotatable bonds is 4. The molecule has 8 nitrogen and oxygen atoms in total. The Morgan fingerprint density at radius 1 is 1.39 bits per heavy atom. The molecular weight excluding hydrogens is 372 g/mol. The predicted molar refractivity (Wildman–Crippen MR) is 114 cm³/mol. The Hall–Kier alpha value is -2.78. The van der Waals surface area contributed by atoms with Crippen LogP contribution in [0.1, 0.15) is 31.4 Å². The maximum absolute atomic E-state index is 5.76. The Morgan fingerprint density at radius 3 is 2.93 bits per heavy atom. The zero-order valence-electron chi connectivity index (χ0n) is 16.0. The first-order valence-corrected chi connectivity index (χ1v) is 9.74. The quantitative estimate of drug-likeness (QED) is 0.459. The topological polar surface area (TPSA) is 98.1 Å². The molecule has 146 valence electrons. The summed E-state index contributed by atoms with van der Waals surface area (Å²) in [5, 5.41) is 11.0. The zero-order chi connectivity index (χ0) is 19.7. The number of aromatic nitrogens is 5. The number of nitrogens with two attached hydrogens (primary N) is 1. The van der Waals surface area contributed by atoms with Crippen LogP contribution >= 0.6 is 12.2 Å². The minimum absolute atomic E-state index is 0.350. The van der Waals surface area contributed by atoms with Gasteiger partial charge in [0.2, 0.25) is 0 Å². The van der Waals surface area contributed by atoms with Crippen LogP contribution in [-0.4, -0.2) is 42.2 Å². The minimum atomic E-state index is 0.350. The molecule has 0 saturated carbocycles. The Bertz CT molecular complexity index is 1040. The second-order valence-electron chi connectivity index (χ2n) is 7.17. The summed E-state index contributed by atoms with van der Waals surface area (Å²) in [5.41, 5.74) is 10.1. The lowest BCUT2D eigenvalue weighted by Crippen LogP contribution is -2.29. The van der Waals surface area contributed by atoms with Crippen LogP contribution in [0.4, 0.5) is 5.82 Å². The predicted octanol–water partition coefficient (Wildman–Crippen LogP) is 2.20. The van der Waals surface area contributed by atoms with Crippen molar-refractivity contribution in [3.8, 4) is 11.3 Å². The molecule has 0 aliphatic carbocycles. The third-order valence-corrected chi connectivity index (χ3v) is 5.05. The van der Waals surface area contributed by atoms with Crippen molar-refractivity contribution in [3.63, 3.8) is 0 Å². The van der Waals surface area contributed by atoms with Gasteiger partial charge in [-0.2, -0.15) is 5.10 Å². The first-order chi connectivity index (χ1) is 13.5. The highest BCUT2D eigenvalue weighted by atomic mass is 32.1. The molecular formula is C19H24N8S. The smallest absolute Gasteiger partial charge is 0.180 e. The number of thiocarbonyl (C=S) groups is 1. The highest BCUT2D eigenvalue weighted by molar-refractivity contribution is 7.81. The van der Waals surface area contributed by atoms with Crippen LogP contribution in [0.3, 0.4) is 0 Å². The SMILES string of the molecule is CC(N)=CC(=S)Nc1nc(C2CCCNC2)cn2c(-c3cnn(C)c3)cnc12. The van der Waals surface area contributed by atoms with Crippen molar-refractivity contribution in [1.29, 1.82) is 0 Å². The minimum Gasteiger partial charge on any atom is -0.402 e. The van der Waals surface area contributed by atoms with Crippen molar-refractivity contribution in [3.05, 3.63) is 42.3 Å². The number of nitrogens with zero attached hydrogens (tertiary/aromatic N) is 5. The molecule has 1 atom stereocenters. The Morgan fingerprint density at radius 2 is 2.25 bits per heavy atom. The van der Waals surface area contributed by atoms with Crippen molar-refractivity contribution in [1.82, 2.24) is 29.5 Å². The number of piperidine rings is 1. The van der Waals surface area contributed by atoms with E-state index in [0.29, 0.717) is 22.4 Å². The molecule has 0 amide bonds. The third kappa shape index (κ3) is 3.76. The van der Waals surface area contributed by atoms with Gasteiger partial charge in [-0.15, -0.1) is 0 Å². The van der Waals surface area contributed by atoms with E-state index in [1.54, 1.807) is 17.7 Å². The zero-order valence-corrected chi connectivity index (χ0v) is 16.8. The second kappa shape index (κ2) is 7.69. The van der Waals surface area contributed by atoms with Gasteiger partial charge in [-0.05, 0) is 32.4 Å². The van der Waals surface area contributed by atoms with E-state index in [9.17, 15) is 0 Å². The van der Waals surface area contributed by atoms with Gasteiger partial charge in [0.1, 0.15) is 4.99 Å². The van der Waals surface area contributed by atoms with Crippen LogP contribution in [0.2, 0.25) is 0 Å². The van der Waals surface area contributed by atoms with E-state index in [1.165, 1.54) is 0 Å². The number of fused-ring (bicyclic) bond motifs is 1. The van der Waals surface area contributed by atoms with Crippen molar-refractivity contribution in [2.24, 2.45) is 12.8 Å². The maximum atomic E-state index is 5.76. The molecule has 0 aromatic carbocycles. The van der Waals surface area contributed by atoms with E-state index in [2.05, 4.69) is 31.3 Å². The molecule has 4 heterocycles. The van der Waals surface area contributed by atoms with Crippen LogP contribution in [0, 0.1) is 0 Å². The lowest BCUT2D eigenvalue weighted by Gasteiger charge is -2.23. The summed E-state index contributed by atoms with van der Waals surface area (Å²) in [5.74, 6) is 0.990. The highest BCUT2D eigenvalue weighted by Gasteiger charge is 2.21. The average molecular weight is 397 g/mol. The molecule has 4 N–H and O–H groups in total. The standard InChI is InChI=1S/C19H24N8S/c1-12(20)6-17(28)25-18-19-22-9-16(14-8-23-26(2)10-14)27(19)11-15(24-18)13-4-3-5-21-7-13/h6,8-11,13,21H,3-5,7,20H2,1-2H3,(H,24,25,28). The third-order valence-electron chi connectivity index (χ3n) is 4.83. The fourth-order valence-corrected chi connectivity index (χ4v) is 3.80. The summed E-state index contributed by atoms with van der Waals surface area (Å²) in [6.07, 6.45) is 11.7. The molecule has 3 aromatic heterocycles. The van der Waals surface area contributed by atoms with Crippen molar-refractivity contribution >= 4 is 28.7 Å². The number of anilines is 1. The van der Waals surface area contributed by atoms with Gasteiger partial charge in [0.25, 0.3) is 0 Å². The molecule has 3 aromatic rings. The molecule has 9 heteroatoms. The van der Waals surface area contributed by atoms with E-state index in [0.717, 1.165) is 48.5 Å². The Kier molecular flexibility index (Phi) is 5.10. The number of imidazole rings is 1. The Balaban J connectivity index is 1.82. The van der Waals surface area contributed by atoms with Crippen molar-refractivity contribution in [2.75, 3.05) is 18.4 Å². The monoisotopic (exact) mass is 396 g/mol. The normalized spacial score (nSPS) is 17.8. The number of hydrogen-bond donors (Lipinski definition) is 3. The van der Waals surface area contributed by atoms with Crippen LogP contribution in [0.5, 0.6) is 0 Å². The Labute approximate surface area is 168 Å². The van der Waals surface area contributed by atoms with E-state index in [-0.39, 0.29) is 0 Å². The summed E-state index contributed by atoms with van der Waals surface area (Å²) < 4.78 is 3.85. The number of aryl methyl sites for hydroxylation is 1. The fraction of sp³-hybridized carbons (Fsp3) is 0.368. The molecule has 1 saturated heterocycles. The molecule has 1 fully saturated rings. The highest BCUT2D eigenvalue weighted by Crippen LogP contribution is 2.28. The van der Waals surface area contributed by atoms with Crippen molar-refractivity contribution < 1.29 is 0 Å². The van der Waals surface area contributed by atoms with Gasteiger partial charge in [-0.1, -0.05) is 12.2 Å². The van der Waals surface area contributed by atoms with E-state index >= 15 is 0 Å². The van der Waals surface area contributed by atoms with Gasteiger partial charge in [0.05, 0.1) is 23.8 Å². The number of allylic oxidation sites excluding steroid dienone is 1. The van der Waals surface area contributed by atoms with Crippen LogP contribution in [0.25, 0.3) is 16.9 Å². The van der Waals surface area contributed by atoms with E-state index < -0.39 is 0 Å². The lowest BCUT2D eigenvalue weighted by atomic mass is 9.96. The molecule has 28 heavy (non-hydrogen) atoms. The molecule has 0 bridgehead atoms. The maximum Gasteiger partial charge on any atom is 0.180 e. The summed E-state index contributed by atoms with van der Waals surface area (Å²) in [4.78, 5) is 9.98. The molecule has 1 unspecified atom stereocenters. The molecule has 1 aliphatic heterocycles. The number of hydrogen-bond acceptors (Lipinski definition) is 6. The summed E-state index contributed by atoms with van der Waals surface area (Å²) in [7, 11) is 1.90. The largest absolute Gasteiger partial charge is 0.402 e. The molecule has 1 aliphatic rings. The van der Waals surface area contributed by atoms with Crippen molar-refractivity contribution in [2.45, 2.75) is 25.7 Å². The van der Waals surface area contributed by atoms with Gasteiger partial charge >= 0.3 is 0 Å². The van der Waals surface area contributed by atoms with E-state index in [4.69, 9.17) is 22.9 Å². The van der Waals surface area contributed by atoms with Gasteiger partial charge < -0.3 is 16.4 Å². The van der Waals surface area contributed by atoms with E-state index in [1.807, 2.05) is 25.6 Å². The first kappa shape index (κ1) is 18.6. The number of nitrogens with one attached hydrogen (secondary N) is 2. The summed E-state index contributed by atoms with van der Waals surface area (Å²) in [6, 6.07) is 0. The average Bonchev–Trinajstić information content (AvgIpc) is 3.27. The molecule has 0 radical (unpaired) electrons. The summed E-state index contributed by atoms with van der Waals surface area (Å²) in [6.45, 7) is 3.78. The lowest BCUT2D eigenvalue weighted by molar-refractivity contribution is 0.454. The van der Waals surface area contributed by atoms with Gasteiger partial charge in [-0.3, -0.25) is 9.08 Å². The van der Waals surface area contributed by atoms with Crippen LogP contribution < -0.4 is 16.4 Å². The van der Waals surface area contributed by atoms with Gasteiger partial charge in [-0.25, -0.2) is 9.97 Å². The molecule has 4 rings (SSSR count). The van der Waals surface area contributed by atoms with Crippen LogP contribution in [0.15, 0.2) is 36.6 Å². The molecule has 0 spiro atoms.